The molecule has 3 rings (SSSR count). The minimum atomic E-state index is -0.515. The van der Waals surface area contributed by atoms with E-state index in [9.17, 15) is 14.9 Å². The number of ether oxygens (including phenoxy) is 1. The van der Waals surface area contributed by atoms with Crippen LogP contribution in [0.1, 0.15) is 0 Å². The summed E-state index contributed by atoms with van der Waals surface area (Å²) in [6.07, 6.45) is 1.61. The van der Waals surface area contributed by atoms with E-state index in [1.165, 1.54) is 18.2 Å². The average Bonchev–Trinajstić information content (AvgIpc) is 2.55. The van der Waals surface area contributed by atoms with Gasteiger partial charge in [-0.25, -0.2) is 0 Å². The molecule has 0 atom stereocenters. The number of hydrogen-bond acceptors (Lipinski definition) is 4. The third-order valence-electron chi connectivity index (χ3n) is 3.48. The molecule has 0 aliphatic rings. The molecule has 22 heavy (non-hydrogen) atoms. The number of aromatic amines is 1. The highest BCUT2D eigenvalue weighted by Gasteiger charge is 2.12. The van der Waals surface area contributed by atoms with Crippen molar-refractivity contribution in [3.05, 3.63) is 69.0 Å². The van der Waals surface area contributed by atoms with E-state index in [0.717, 1.165) is 5.56 Å². The van der Waals surface area contributed by atoms with Gasteiger partial charge in [0.2, 0.25) is 0 Å². The normalized spacial score (nSPS) is 10.6. The van der Waals surface area contributed by atoms with Crippen LogP contribution in [0.25, 0.3) is 22.0 Å². The van der Waals surface area contributed by atoms with Crippen LogP contribution in [0.2, 0.25) is 0 Å². The summed E-state index contributed by atoms with van der Waals surface area (Å²) in [6.45, 7) is 0. The molecule has 1 aromatic heterocycles. The molecular formula is C16H12N2O4. The third kappa shape index (κ3) is 2.31. The molecule has 3 aromatic rings. The van der Waals surface area contributed by atoms with Crippen molar-refractivity contribution in [3.63, 3.8) is 0 Å². The van der Waals surface area contributed by atoms with Crippen LogP contribution in [0, 0.1) is 10.1 Å². The summed E-state index contributed by atoms with van der Waals surface area (Å²) in [5.41, 5.74) is 1.38. The fourth-order valence-electron chi connectivity index (χ4n) is 2.31. The van der Waals surface area contributed by atoms with Crippen molar-refractivity contribution in [3.8, 4) is 16.9 Å². The molecule has 110 valence electrons. The maximum absolute atomic E-state index is 12.6. The molecule has 2 aromatic carbocycles. The number of rotatable bonds is 3. The molecule has 1 heterocycles. The van der Waals surface area contributed by atoms with Gasteiger partial charge in [-0.1, -0.05) is 12.1 Å². The van der Waals surface area contributed by atoms with Gasteiger partial charge in [0, 0.05) is 29.4 Å². The number of pyridine rings is 1. The lowest BCUT2D eigenvalue weighted by Gasteiger charge is -2.05. The highest BCUT2D eigenvalue weighted by molar-refractivity contribution is 5.85. The molecule has 0 amide bonds. The summed E-state index contributed by atoms with van der Waals surface area (Å²) in [7, 11) is 1.57. The van der Waals surface area contributed by atoms with Gasteiger partial charge in [0.05, 0.1) is 17.4 Å². The number of aromatic nitrogens is 1. The van der Waals surface area contributed by atoms with Gasteiger partial charge < -0.3 is 9.72 Å². The molecule has 6 nitrogen and oxygen atoms in total. The number of methoxy groups -OCH3 is 1. The Balaban J connectivity index is 2.19. The molecular weight excluding hydrogens is 284 g/mol. The molecule has 0 radical (unpaired) electrons. The van der Waals surface area contributed by atoms with Crippen molar-refractivity contribution >= 4 is 16.6 Å². The van der Waals surface area contributed by atoms with Crippen LogP contribution in [-0.4, -0.2) is 17.0 Å². The summed E-state index contributed by atoms with van der Waals surface area (Å²) in [6, 6.07) is 11.2. The highest BCUT2D eigenvalue weighted by Crippen LogP contribution is 2.22. The summed E-state index contributed by atoms with van der Waals surface area (Å²) < 4.78 is 5.09. The first-order valence-electron chi connectivity index (χ1n) is 6.54. The van der Waals surface area contributed by atoms with Gasteiger partial charge in [0.15, 0.2) is 5.43 Å². The smallest absolute Gasteiger partial charge is 0.270 e. The van der Waals surface area contributed by atoms with Crippen LogP contribution in [0.15, 0.2) is 53.5 Å². The lowest BCUT2D eigenvalue weighted by molar-refractivity contribution is -0.384. The molecule has 0 aliphatic carbocycles. The minimum absolute atomic E-state index is 0.107. The van der Waals surface area contributed by atoms with Crippen LogP contribution in [0.3, 0.4) is 0 Å². The van der Waals surface area contributed by atoms with E-state index < -0.39 is 4.92 Å². The summed E-state index contributed by atoms with van der Waals surface area (Å²) in [5, 5.41) is 11.2. The van der Waals surface area contributed by atoms with E-state index in [1.54, 1.807) is 37.6 Å². The Morgan fingerprint density at radius 3 is 2.50 bits per heavy atom. The molecule has 0 unspecified atom stereocenters. The van der Waals surface area contributed by atoms with E-state index >= 15 is 0 Å². The number of H-pyrrole nitrogens is 1. The summed E-state index contributed by atoms with van der Waals surface area (Å²) >= 11 is 0. The minimum Gasteiger partial charge on any atom is -0.497 e. The Bertz CT molecular complexity index is 914. The molecule has 0 saturated heterocycles. The second kappa shape index (κ2) is 5.33. The van der Waals surface area contributed by atoms with Crippen molar-refractivity contribution in [2.45, 2.75) is 0 Å². The van der Waals surface area contributed by atoms with E-state index in [-0.39, 0.29) is 11.1 Å². The molecule has 1 N–H and O–H groups in total. The van der Waals surface area contributed by atoms with Gasteiger partial charge in [-0.3, -0.25) is 14.9 Å². The Morgan fingerprint density at radius 1 is 1.14 bits per heavy atom. The van der Waals surface area contributed by atoms with Gasteiger partial charge in [0.25, 0.3) is 5.69 Å². The zero-order valence-corrected chi connectivity index (χ0v) is 11.7. The molecule has 0 aliphatic heterocycles. The van der Waals surface area contributed by atoms with Crippen molar-refractivity contribution in [1.82, 2.24) is 4.98 Å². The first-order chi connectivity index (χ1) is 10.6. The highest BCUT2D eigenvalue weighted by atomic mass is 16.6. The van der Waals surface area contributed by atoms with Crippen LogP contribution < -0.4 is 10.2 Å². The zero-order valence-electron chi connectivity index (χ0n) is 11.7. The van der Waals surface area contributed by atoms with Crippen LogP contribution in [0.4, 0.5) is 5.69 Å². The Hall–Kier alpha value is -3.15. The fourth-order valence-corrected chi connectivity index (χ4v) is 2.31. The van der Waals surface area contributed by atoms with E-state index in [0.29, 0.717) is 22.2 Å². The first kappa shape index (κ1) is 13.8. The lowest BCUT2D eigenvalue weighted by atomic mass is 10.0. The summed E-state index contributed by atoms with van der Waals surface area (Å²) in [4.78, 5) is 25.9. The molecule has 0 spiro atoms. The lowest BCUT2D eigenvalue weighted by Crippen LogP contribution is -2.06. The standard InChI is InChI=1S/C16H12N2O4/c1-22-12-5-2-10(3-6-12)14-9-17-15-7-4-11(18(20)21)8-13(15)16(14)19/h2-9H,1H3,(H,17,19). The second-order valence-electron chi connectivity index (χ2n) is 4.75. The van der Waals surface area contributed by atoms with Gasteiger partial charge in [-0.2, -0.15) is 0 Å². The SMILES string of the molecule is COc1ccc(-c2c[nH]c3ccc([N+](=O)[O-])cc3c2=O)cc1. The van der Waals surface area contributed by atoms with Crippen molar-refractivity contribution < 1.29 is 9.66 Å². The van der Waals surface area contributed by atoms with Gasteiger partial charge in [-0.05, 0) is 23.8 Å². The predicted octanol–water partition coefficient (Wildman–Crippen LogP) is 3.11. The molecule has 0 saturated carbocycles. The zero-order chi connectivity index (χ0) is 15.7. The predicted molar refractivity (Wildman–Crippen MR) is 83.2 cm³/mol. The number of hydrogen-bond donors (Lipinski definition) is 1. The van der Waals surface area contributed by atoms with Crippen molar-refractivity contribution in [2.75, 3.05) is 7.11 Å². The second-order valence-corrected chi connectivity index (χ2v) is 4.75. The van der Waals surface area contributed by atoms with Gasteiger partial charge in [0.1, 0.15) is 5.75 Å². The Kier molecular flexibility index (Phi) is 3.34. The van der Waals surface area contributed by atoms with Crippen LogP contribution in [0.5, 0.6) is 5.75 Å². The third-order valence-corrected chi connectivity index (χ3v) is 3.48. The average molecular weight is 296 g/mol. The van der Waals surface area contributed by atoms with Crippen LogP contribution in [-0.2, 0) is 0 Å². The van der Waals surface area contributed by atoms with E-state index in [1.807, 2.05) is 0 Å². The number of nitrogens with one attached hydrogen (secondary N) is 1. The van der Waals surface area contributed by atoms with E-state index in [4.69, 9.17) is 4.74 Å². The molecule has 0 bridgehead atoms. The number of nitro groups is 1. The number of nitro benzene ring substituents is 1. The van der Waals surface area contributed by atoms with Crippen molar-refractivity contribution in [2.24, 2.45) is 0 Å². The maximum Gasteiger partial charge on any atom is 0.270 e. The molecule has 6 heteroatoms. The fraction of sp³-hybridized carbons (Fsp3) is 0.0625. The largest absolute Gasteiger partial charge is 0.497 e. The van der Waals surface area contributed by atoms with E-state index in [2.05, 4.69) is 4.98 Å². The maximum atomic E-state index is 12.6. The first-order valence-corrected chi connectivity index (χ1v) is 6.54. The summed E-state index contributed by atoms with van der Waals surface area (Å²) in [5.74, 6) is 0.691. The Labute approximate surface area is 125 Å². The van der Waals surface area contributed by atoms with Crippen LogP contribution >= 0.6 is 0 Å². The number of fused-ring (bicyclic) bond motifs is 1. The van der Waals surface area contributed by atoms with Gasteiger partial charge in [-0.15, -0.1) is 0 Å². The van der Waals surface area contributed by atoms with Gasteiger partial charge >= 0.3 is 0 Å². The number of non-ortho nitro benzene ring substituents is 1. The number of nitrogens with zero attached hydrogens (tertiary/aromatic N) is 1. The quantitative estimate of drug-likeness (QED) is 0.594. The Morgan fingerprint density at radius 2 is 1.86 bits per heavy atom. The number of benzene rings is 2. The monoisotopic (exact) mass is 296 g/mol. The van der Waals surface area contributed by atoms with Crippen molar-refractivity contribution in [1.29, 1.82) is 0 Å². The topological polar surface area (TPSA) is 85.2 Å². The molecule has 0 fully saturated rings.